The lowest BCUT2D eigenvalue weighted by atomic mass is 10.1. The van der Waals surface area contributed by atoms with Crippen molar-refractivity contribution in [2.45, 2.75) is 20.4 Å². The van der Waals surface area contributed by atoms with Crippen LogP contribution in [0.5, 0.6) is 0 Å². The van der Waals surface area contributed by atoms with Gasteiger partial charge < -0.3 is 9.80 Å². The fourth-order valence-corrected chi connectivity index (χ4v) is 3.69. The number of anilines is 1. The third-order valence-electron chi connectivity index (χ3n) is 5.22. The third-order valence-corrected chi connectivity index (χ3v) is 5.22. The molecule has 1 fully saturated rings. The third kappa shape index (κ3) is 3.13. The summed E-state index contributed by atoms with van der Waals surface area (Å²) in [6.07, 6.45) is 1.80. The molecule has 0 bridgehead atoms. The molecule has 3 heterocycles. The molecule has 0 saturated carbocycles. The number of aryl methyl sites for hydroxylation is 2. The summed E-state index contributed by atoms with van der Waals surface area (Å²) in [7, 11) is 0. The lowest BCUT2D eigenvalue weighted by molar-refractivity contribution is 0.0740. The molecule has 0 unspecified atom stereocenters. The first kappa shape index (κ1) is 18.2. The van der Waals surface area contributed by atoms with Gasteiger partial charge in [-0.1, -0.05) is 24.3 Å². The van der Waals surface area contributed by atoms with Crippen LogP contribution < -0.4 is 10.5 Å². The number of carbonyl (C=O) groups is 1. The van der Waals surface area contributed by atoms with Crippen LogP contribution in [0.2, 0.25) is 0 Å². The maximum Gasteiger partial charge on any atom is 0.275 e. The highest BCUT2D eigenvalue weighted by atomic mass is 16.2. The summed E-state index contributed by atoms with van der Waals surface area (Å²) in [5.74, 6) is 0.841. The highest BCUT2D eigenvalue weighted by Gasteiger charge is 2.26. The van der Waals surface area contributed by atoms with Crippen LogP contribution in [-0.2, 0) is 6.54 Å². The van der Waals surface area contributed by atoms with E-state index in [4.69, 9.17) is 0 Å². The van der Waals surface area contributed by atoms with Crippen molar-refractivity contribution in [1.29, 1.82) is 0 Å². The van der Waals surface area contributed by atoms with Crippen molar-refractivity contribution in [3.63, 3.8) is 0 Å². The first-order valence-electron chi connectivity index (χ1n) is 9.56. The summed E-state index contributed by atoms with van der Waals surface area (Å²) in [6, 6.07) is 11.2. The van der Waals surface area contributed by atoms with Crippen molar-refractivity contribution in [2.75, 3.05) is 31.1 Å². The number of rotatable bonds is 3. The molecule has 0 aliphatic carbocycles. The van der Waals surface area contributed by atoms with E-state index in [1.807, 2.05) is 43.0 Å². The van der Waals surface area contributed by atoms with Gasteiger partial charge in [0.05, 0.1) is 5.39 Å². The topological polar surface area (TPSA) is 71.3 Å². The Morgan fingerprint density at radius 1 is 1.04 bits per heavy atom. The quantitative estimate of drug-likeness (QED) is 0.699. The standard InChI is InChI=1S/C21H23N5O2/c1-3-26-20(27)17-9-5-4-8-16(17)18(23-26)21(28)25-13-11-24(12-14-25)19-15(2)7-6-10-22-19/h4-10H,3,11-14H2,1-2H3. The number of hydrogen-bond donors (Lipinski definition) is 0. The van der Waals surface area contributed by atoms with Gasteiger partial charge in [-0.2, -0.15) is 5.10 Å². The number of nitrogens with zero attached hydrogens (tertiary/aromatic N) is 5. The second-order valence-corrected chi connectivity index (χ2v) is 6.94. The van der Waals surface area contributed by atoms with Gasteiger partial charge in [-0.15, -0.1) is 0 Å². The van der Waals surface area contributed by atoms with Crippen LogP contribution in [0.1, 0.15) is 23.0 Å². The summed E-state index contributed by atoms with van der Waals surface area (Å²) < 4.78 is 1.36. The van der Waals surface area contributed by atoms with E-state index in [0.29, 0.717) is 36.1 Å². The zero-order chi connectivity index (χ0) is 19.7. The number of hydrogen-bond acceptors (Lipinski definition) is 5. The van der Waals surface area contributed by atoms with E-state index < -0.39 is 0 Å². The smallest absolute Gasteiger partial charge is 0.275 e. The first-order valence-corrected chi connectivity index (χ1v) is 9.56. The Bertz CT molecular complexity index is 1080. The Morgan fingerprint density at radius 2 is 1.75 bits per heavy atom. The summed E-state index contributed by atoms with van der Waals surface area (Å²) in [5.41, 5.74) is 1.31. The largest absolute Gasteiger partial charge is 0.353 e. The number of pyridine rings is 1. The van der Waals surface area contributed by atoms with Gasteiger partial charge in [-0.25, -0.2) is 9.67 Å². The second-order valence-electron chi connectivity index (χ2n) is 6.94. The monoisotopic (exact) mass is 377 g/mol. The van der Waals surface area contributed by atoms with Crippen molar-refractivity contribution in [3.8, 4) is 0 Å². The zero-order valence-electron chi connectivity index (χ0n) is 16.1. The van der Waals surface area contributed by atoms with Gasteiger partial charge in [-0.3, -0.25) is 9.59 Å². The lowest BCUT2D eigenvalue weighted by Crippen LogP contribution is -2.49. The molecule has 0 radical (unpaired) electrons. The van der Waals surface area contributed by atoms with Crippen LogP contribution in [0, 0.1) is 6.92 Å². The lowest BCUT2D eigenvalue weighted by Gasteiger charge is -2.36. The molecule has 1 saturated heterocycles. The van der Waals surface area contributed by atoms with Crippen molar-refractivity contribution in [3.05, 3.63) is 64.2 Å². The Labute approximate surface area is 163 Å². The van der Waals surface area contributed by atoms with E-state index in [1.54, 1.807) is 18.3 Å². The van der Waals surface area contributed by atoms with Gasteiger partial charge >= 0.3 is 0 Å². The van der Waals surface area contributed by atoms with Gasteiger partial charge in [0.25, 0.3) is 11.5 Å². The van der Waals surface area contributed by atoms with E-state index in [2.05, 4.69) is 15.0 Å². The SMILES string of the molecule is CCn1nc(C(=O)N2CCN(c3ncccc3C)CC2)c2ccccc2c1=O. The number of benzene rings is 1. The predicted molar refractivity (Wildman–Crippen MR) is 109 cm³/mol. The van der Waals surface area contributed by atoms with E-state index >= 15 is 0 Å². The van der Waals surface area contributed by atoms with Gasteiger partial charge in [-0.05, 0) is 31.5 Å². The molecule has 2 aromatic heterocycles. The van der Waals surface area contributed by atoms with Crippen LogP contribution in [0.25, 0.3) is 10.8 Å². The van der Waals surface area contributed by atoms with Gasteiger partial charge in [0.15, 0.2) is 5.69 Å². The summed E-state index contributed by atoms with van der Waals surface area (Å²) >= 11 is 0. The van der Waals surface area contributed by atoms with Crippen molar-refractivity contribution < 1.29 is 4.79 Å². The molecule has 7 heteroatoms. The normalized spacial score (nSPS) is 14.5. The number of piperazine rings is 1. The highest BCUT2D eigenvalue weighted by Crippen LogP contribution is 2.20. The average Bonchev–Trinajstić information content (AvgIpc) is 2.74. The molecule has 3 aromatic rings. The van der Waals surface area contributed by atoms with E-state index in [9.17, 15) is 9.59 Å². The van der Waals surface area contributed by atoms with E-state index in [0.717, 1.165) is 24.5 Å². The van der Waals surface area contributed by atoms with Gasteiger partial charge in [0.2, 0.25) is 0 Å². The Hall–Kier alpha value is -3.22. The number of aromatic nitrogens is 3. The van der Waals surface area contributed by atoms with Crippen LogP contribution >= 0.6 is 0 Å². The predicted octanol–water partition coefficient (Wildman–Crippen LogP) is 2.08. The minimum atomic E-state index is -0.162. The number of carbonyl (C=O) groups excluding carboxylic acids is 1. The molecule has 1 aliphatic rings. The molecule has 0 spiro atoms. The van der Waals surface area contributed by atoms with Crippen LogP contribution in [0.3, 0.4) is 0 Å². The zero-order valence-corrected chi connectivity index (χ0v) is 16.1. The molecule has 144 valence electrons. The average molecular weight is 377 g/mol. The van der Waals surface area contributed by atoms with Crippen LogP contribution in [0.15, 0.2) is 47.4 Å². The molecule has 0 atom stereocenters. The molecule has 0 N–H and O–H groups in total. The second kappa shape index (κ2) is 7.42. The summed E-state index contributed by atoms with van der Waals surface area (Å²) in [5, 5.41) is 5.52. The number of fused-ring (bicyclic) bond motifs is 1. The fraction of sp³-hybridized carbons (Fsp3) is 0.333. The highest BCUT2D eigenvalue weighted by molar-refractivity contribution is 6.04. The maximum absolute atomic E-state index is 13.2. The summed E-state index contributed by atoms with van der Waals surface area (Å²) in [4.78, 5) is 34.2. The Morgan fingerprint density at radius 3 is 2.43 bits per heavy atom. The molecular weight excluding hydrogens is 354 g/mol. The van der Waals surface area contributed by atoms with Crippen LogP contribution in [-0.4, -0.2) is 51.8 Å². The van der Waals surface area contributed by atoms with Crippen molar-refractivity contribution in [2.24, 2.45) is 0 Å². The summed E-state index contributed by atoms with van der Waals surface area (Å²) in [6.45, 7) is 6.95. The van der Waals surface area contributed by atoms with E-state index in [1.165, 1.54) is 4.68 Å². The first-order chi connectivity index (χ1) is 13.6. The van der Waals surface area contributed by atoms with Gasteiger partial charge in [0.1, 0.15) is 5.82 Å². The Balaban J connectivity index is 1.61. The molecule has 7 nitrogen and oxygen atoms in total. The minimum absolute atomic E-state index is 0.129. The van der Waals surface area contributed by atoms with Crippen LogP contribution in [0.4, 0.5) is 5.82 Å². The Kier molecular flexibility index (Phi) is 4.81. The van der Waals surface area contributed by atoms with Crippen molar-refractivity contribution in [1.82, 2.24) is 19.7 Å². The molecular formula is C21H23N5O2. The molecule has 1 amide bonds. The van der Waals surface area contributed by atoms with E-state index in [-0.39, 0.29) is 11.5 Å². The van der Waals surface area contributed by atoms with Crippen molar-refractivity contribution >= 4 is 22.5 Å². The molecule has 4 rings (SSSR count). The fourth-order valence-electron chi connectivity index (χ4n) is 3.69. The number of amides is 1. The molecule has 28 heavy (non-hydrogen) atoms. The molecule has 1 aromatic carbocycles. The maximum atomic E-state index is 13.2. The van der Waals surface area contributed by atoms with Gasteiger partial charge in [0, 0.05) is 44.3 Å². The minimum Gasteiger partial charge on any atom is -0.353 e. The molecule has 1 aliphatic heterocycles.